The molecule has 0 aliphatic rings. The molecule has 5 nitrogen and oxygen atoms in total. The van der Waals surface area contributed by atoms with E-state index in [1.54, 1.807) is 0 Å². The summed E-state index contributed by atoms with van der Waals surface area (Å²) in [7, 11) is 1.42. The molecule has 0 radical (unpaired) electrons. The van der Waals surface area contributed by atoms with Crippen molar-refractivity contribution in [1.29, 1.82) is 0 Å². The zero-order valence-electron chi connectivity index (χ0n) is 13.1. The van der Waals surface area contributed by atoms with E-state index >= 15 is 0 Å². The molecular formula is C17H16FN3O2S. The molecule has 2 aromatic heterocycles. The van der Waals surface area contributed by atoms with Crippen LogP contribution in [0.5, 0.6) is 0 Å². The van der Waals surface area contributed by atoms with Gasteiger partial charge in [0.15, 0.2) is 0 Å². The van der Waals surface area contributed by atoms with Crippen molar-refractivity contribution in [1.82, 2.24) is 9.97 Å². The number of halogens is 1. The quantitative estimate of drug-likeness (QED) is 0.613. The molecule has 1 N–H and O–H groups in total. The largest absolute Gasteiger partial charge is 0.497 e. The summed E-state index contributed by atoms with van der Waals surface area (Å²) in [5.41, 5.74) is 0.684. The number of nitrogens with one attached hydrogen (secondary N) is 1. The maximum absolute atomic E-state index is 13.2. The highest BCUT2D eigenvalue weighted by Gasteiger charge is 2.12. The minimum Gasteiger partial charge on any atom is -0.497 e. The minimum atomic E-state index is -0.662. The van der Waals surface area contributed by atoms with Crippen LogP contribution < -0.4 is 5.32 Å². The number of aromatic nitrogens is 2. The van der Waals surface area contributed by atoms with Crippen molar-refractivity contribution >= 4 is 28.6 Å². The number of ether oxygens (including phenoxy) is 1. The van der Waals surface area contributed by atoms with Crippen molar-refractivity contribution in [2.24, 2.45) is 0 Å². The normalized spacial score (nSPS) is 11.0. The molecule has 2 rings (SSSR count). The molecule has 0 spiro atoms. The summed E-state index contributed by atoms with van der Waals surface area (Å²) in [5.74, 6) is -0.331. The maximum Gasteiger partial charge on any atom is 0.230 e. The van der Waals surface area contributed by atoms with E-state index in [9.17, 15) is 9.18 Å². The molecule has 124 valence electrons. The first-order valence-electron chi connectivity index (χ1n) is 6.93. The second kappa shape index (κ2) is 8.16. The second-order valence-electron chi connectivity index (χ2n) is 4.72. The Morgan fingerprint density at radius 3 is 2.88 bits per heavy atom. The predicted octanol–water partition coefficient (Wildman–Crippen LogP) is 3.75. The number of amides is 1. The summed E-state index contributed by atoms with van der Waals surface area (Å²) < 4.78 is 18.2. The fourth-order valence-electron chi connectivity index (χ4n) is 1.90. The highest BCUT2D eigenvalue weighted by atomic mass is 32.1. The summed E-state index contributed by atoms with van der Waals surface area (Å²) in [5, 5.41) is 4.59. The fraction of sp³-hybridized carbons (Fsp3) is 0.118. The van der Waals surface area contributed by atoms with Crippen LogP contribution in [0.25, 0.3) is 5.57 Å². The molecule has 7 heteroatoms. The lowest BCUT2D eigenvalue weighted by Gasteiger charge is -2.10. The van der Waals surface area contributed by atoms with Crippen LogP contribution in [0.1, 0.15) is 10.6 Å². The third-order valence-corrected chi connectivity index (χ3v) is 3.85. The van der Waals surface area contributed by atoms with Crippen LogP contribution in [0.3, 0.4) is 0 Å². The molecule has 0 aliphatic carbocycles. The van der Waals surface area contributed by atoms with Crippen molar-refractivity contribution in [3.8, 4) is 0 Å². The van der Waals surface area contributed by atoms with Gasteiger partial charge in [0, 0.05) is 16.5 Å². The van der Waals surface area contributed by atoms with Crippen molar-refractivity contribution in [2.45, 2.75) is 6.42 Å². The summed E-state index contributed by atoms with van der Waals surface area (Å²) in [6.45, 7) is 6.90. The zero-order chi connectivity index (χ0) is 17.5. The van der Waals surface area contributed by atoms with E-state index in [4.69, 9.17) is 4.74 Å². The lowest BCUT2D eigenvalue weighted by Crippen LogP contribution is -2.15. The van der Waals surface area contributed by atoms with Gasteiger partial charge in [-0.25, -0.2) is 14.4 Å². The smallest absolute Gasteiger partial charge is 0.230 e. The Hall–Kier alpha value is -2.80. The van der Waals surface area contributed by atoms with Crippen molar-refractivity contribution < 1.29 is 13.9 Å². The van der Waals surface area contributed by atoms with Crippen LogP contribution in [0, 0.1) is 0 Å². The summed E-state index contributed by atoms with van der Waals surface area (Å²) in [6, 6.07) is 5.28. The highest BCUT2D eigenvalue weighted by Crippen LogP contribution is 2.24. The minimum absolute atomic E-state index is 0.201. The second-order valence-corrected chi connectivity index (χ2v) is 5.76. The molecule has 0 saturated heterocycles. The number of methoxy groups -OCH3 is 1. The Bertz CT molecular complexity index is 785. The van der Waals surface area contributed by atoms with E-state index in [1.807, 2.05) is 17.5 Å². The van der Waals surface area contributed by atoms with Crippen LogP contribution >= 0.6 is 11.3 Å². The van der Waals surface area contributed by atoms with Gasteiger partial charge in [0.2, 0.25) is 5.91 Å². The SMILES string of the molecule is C=C(F)/C=C(\C(=C)OC)c1cc(NC(=O)Cc2cccs2)ncn1. The van der Waals surface area contributed by atoms with E-state index in [2.05, 4.69) is 28.4 Å². The number of thiophene rings is 1. The number of rotatable bonds is 7. The molecule has 0 aromatic carbocycles. The first-order chi connectivity index (χ1) is 11.5. The number of allylic oxidation sites excluding steroid dienone is 3. The van der Waals surface area contributed by atoms with Gasteiger partial charge >= 0.3 is 0 Å². The van der Waals surface area contributed by atoms with Gasteiger partial charge in [-0.2, -0.15) is 0 Å². The van der Waals surface area contributed by atoms with E-state index in [1.165, 1.54) is 30.8 Å². The Labute approximate surface area is 143 Å². The van der Waals surface area contributed by atoms with Crippen LogP contribution in [-0.2, 0) is 16.0 Å². The topological polar surface area (TPSA) is 64.1 Å². The molecule has 0 saturated carbocycles. The van der Waals surface area contributed by atoms with E-state index in [0.29, 0.717) is 17.1 Å². The van der Waals surface area contributed by atoms with Crippen LogP contribution in [-0.4, -0.2) is 23.0 Å². The van der Waals surface area contributed by atoms with E-state index in [0.717, 1.165) is 11.0 Å². The van der Waals surface area contributed by atoms with Gasteiger partial charge in [-0.15, -0.1) is 11.3 Å². The summed E-state index contributed by atoms with van der Waals surface area (Å²) in [6.07, 6.45) is 2.69. The number of anilines is 1. The standard InChI is InChI=1S/C17H16FN3O2S/c1-11(18)7-14(12(2)23-3)15-9-16(20-10-19-15)21-17(22)8-13-5-4-6-24-13/h4-7,9-10H,1-2,8H2,3H3,(H,19,20,21,22)/b14-7+. The molecule has 1 amide bonds. The first kappa shape index (κ1) is 17.6. The third kappa shape index (κ3) is 4.85. The Morgan fingerprint density at radius 1 is 1.46 bits per heavy atom. The number of hydrogen-bond acceptors (Lipinski definition) is 5. The number of hydrogen-bond donors (Lipinski definition) is 1. The average molecular weight is 345 g/mol. The Balaban J connectivity index is 2.19. The lowest BCUT2D eigenvalue weighted by molar-refractivity contribution is -0.115. The molecule has 0 aliphatic heterocycles. The fourth-order valence-corrected chi connectivity index (χ4v) is 2.60. The van der Waals surface area contributed by atoms with Crippen molar-refractivity contribution in [3.63, 3.8) is 0 Å². The molecule has 2 aromatic rings. The molecule has 0 atom stereocenters. The number of carbonyl (C=O) groups excluding carboxylic acids is 1. The Morgan fingerprint density at radius 2 is 2.25 bits per heavy atom. The average Bonchev–Trinajstić information content (AvgIpc) is 3.04. The van der Waals surface area contributed by atoms with Crippen molar-refractivity contribution in [2.75, 3.05) is 12.4 Å². The molecular weight excluding hydrogens is 329 g/mol. The zero-order valence-corrected chi connectivity index (χ0v) is 13.9. The molecule has 0 bridgehead atoms. The maximum atomic E-state index is 13.2. The number of nitrogens with zero attached hydrogens (tertiary/aromatic N) is 2. The third-order valence-electron chi connectivity index (χ3n) is 2.97. The molecule has 0 unspecified atom stereocenters. The van der Waals surface area contributed by atoms with Gasteiger partial charge in [0.25, 0.3) is 0 Å². The van der Waals surface area contributed by atoms with E-state index < -0.39 is 5.83 Å². The van der Waals surface area contributed by atoms with Crippen LogP contribution in [0.15, 0.2) is 60.7 Å². The summed E-state index contributed by atoms with van der Waals surface area (Å²) in [4.78, 5) is 21.1. The molecule has 24 heavy (non-hydrogen) atoms. The lowest BCUT2D eigenvalue weighted by atomic mass is 10.1. The monoisotopic (exact) mass is 345 g/mol. The van der Waals surface area contributed by atoms with Gasteiger partial charge in [-0.3, -0.25) is 4.79 Å². The van der Waals surface area contributed by atoms with Gasteiger partial charge in [-0.1, -0.05) is 19.2 Å². The van der Waals surface area contributed by atoms with Gasteiger partial charge in [0.1, 0.15) is 23.7 Å². The summed E-state index contributed by atoms with van der Waals surface area (Å²) >= 11 is 1.50. The first-order valence-corrected chi connectivity index (χ1v) is 7.81. The van der Waals surface area contributed by atoms with Gasteiger partial charge in [-0.05, 0) is 17.5 Å². The predicted molar refractivity (Wildman–Crippen MR) is 93.1 cm³/mol. The van der Waals surface area contributed by atoms with Crippen LogP contribution in [0.4, 0.5) is 10.2 Å². The van der Waals surface area contributed by atoms with Crippen LogP contribution in [0.2, 0.25) is 0 Å². The Kier molecular flexibility index (Phi) is 5.97. The number of carbonyl (C=O) groups is 1. The highest BCUT2D eigenvalue weighted by molar-refractivity contribution is 7.10. The molecule has 2 heterocycles. The molecule has 0 fully saturated rings. The van der Waals surface area contributed by atoms with E-state index in [-0.39, 0.29) is 18.1 Å². The van der Waals surface area contributed by atoms with Gasteiger partial charge in [0.05, 0.1) is 19.2 Å². The van der Waals surface area contributed by atoms with Crippen molar-refractivity contribution in [3.05, 3.63) is 71.3 Å². The van der Waals surface area contributed by atoms with Gasteiger partial charge < -0.3 is 10.1 Å².